The average Bonchev–Trinajstić information content (AvgIpc) is 3.52. The van der Waals surface area contributed by atoms with Gasteiger partial charge in [-0.15, -0.1) is 0 Å². The van der Waals surface area contributed by atoms with Crippen molar-refractivity contribution >= 4 is 34.8 Å². The van der Waals surface area contributed by atoms with E-state index in [0.29, 0.717) is 34.7 Å². The standard InChI is InChI=1S/C24H19ClN6O3/c25-17-2-6-19(7-3-17)30-14-16(12-23(30)32)24(33)29-18-4-8-20(9-5-18)34-22-13-21(26-15-27-22)31-11-1-10-28-31/h1-11,13,15-16H,12,14H2,(H,29,33). The van der Waals surface area contributed by atoms with Crippen LogP contribution < -0.4 is 15.0 Å². The SMILES string of the molecule is O=C(Nc1ccc(Oc2cc(-n3cccn3)ncn2)cc1)C1CC(=O)N(c2ccc(Cl)cc2)C1. The van der Waals surface area contributed by atoms with Crippen molar-refractivity contribution in [3.05, 3.63) is 84.4 Å². The van der Waals surface area contributed by atoms with Gasteiger partial charge >= 0.3 is 0 Å². The second kappa shape index (κ2) is 9.32. The molecule has 0 radical (unpaired) electrons. The lowest BCUT2D eigenvalue weighted by Gasteiger charge is -2.16. The molecule has 170 valence electrons. The second-order valence-electron chi connectivity index (χ2n) is 7.66. The Labute approximate surface area is 200 Å². The molecule has 0 bridgehead atoms. The van der Waals surface area contributed by atoms with Gasteiger partial charge in [-0.2, -0.15) is 5.10 Å². The normalized spacial score (nSPS) is 15.4. The van der Waals surface area contributed by atoms with E-state index in [1.165, 1.54) is 6.33 Å². The van der Waals surface area contributed by atoms with Crippen LogP contribution in [0.4, 0.5) is 11.4 Å². The van der Waals surface area contributed by atoms with Crippen molar-refractivity contribution in [2.45, 2.75) is 6.42 Å². The van der Waals surface area contributed by atoms with Gasteiger partial charge in [0.05, 0.1) is 5.92 Å². The van der Waals surface area contributed by atoms with Gasteiger partial charge in [-0.05, 0) is 54.6 Å². The van der Waals surface area contributed by atoms with Gasteiger partial charge in [0.15, 0.2) is 5.82 Å². The van der Waals surface area contributed by atoms with Crippen LogP contribution in [0, 0.1) is 5.92 Å². The summed E-state index contributed by atoms with van der Waals surface area (Å²) < 4.78 is 7.40. The van der Waals surface area contributed by atoms with Gasteiger partial charge in [0.2, 0.25) is 17.7 Å². The molecule has 3 heterocycles. The Morgan fingerprint density at radius 3 is 2.62 bits per heavy atom. The van der Waals surface area contributed by atoms with Crippen LogP contribution in [-0.2, 0) is 9.59 Å². The van der Waals surface area contributed by atoms with Crippen LogP contribution in [0.1, 0.15) is 6.42 Å². The largest absolute Gasteiger partial charge is 0.439 e. The maximum absolute atomic E-state index is 12.7. The third kappa shape index (κ3) is 4.74. The van der Waals surface area contributed by atoms with Gasteiger partial charge in [-0.25, -0.2) is 14.6 Å². The van der Waals surface area contributed by atoms with Crippen LogP contribution in [0.5, 0.6) is 11.6 Å². The number of rotatable bonds is 6. The minimum absolute atomic E-state index is 0.0921. The first-order valence-corrected chi connectivity index (χ1v) is 10.9. The van der Waals surface area contributed by atoms with Gasteiger partial charge in [-0.1, -0.05) is 11.6 Å². The van der Waals surface area contributed by atoms with Crippen molar-refractivity contribution in [1.82, 2.24) is 19.7 Å². The molecule has 1 aliphatic rings. The number of amides is 2. The van der Waals surface area contributed by atoms with Crippen molar-refractivity contribution in [2.24, 2.45) is 5.92 Å². The van der Waals surface area contributed by atoms with Gasteiger partial charge < -0.3 is 15.0 Å². The van der Waals surface area contributed by atoms with Crippen molar-refractivity contribution < 1.29 is 14.3 Å². The van der Waals surface area contributed by atoms with Crippen molar-refractivity contribution in [3.8, 4) is 17.4 Å². The van der Waals surface area contributed by atoms with Crippen molar-refractivity contribution in [2.75, 3.05) is 16.8 Å². The van der Waals surface area contributed by atoms with Gasteiger partial charge in [0.1, 0.15) is 12.1 Å². The number of carbonyl (C=O) groups excluding carboxylic acids is 2. The zero-order chi connectivity index (χ0) is 23.5. The first-order valence-electron chi connectivity index (χ1n) is 10.5. The molecule has 1 fully saturated rings. The Bertz CT molecular complexity index is 1310. The molecule has 2 aromatic carbocycles. The van der Waals surface area contributed by atoms with Gasteiger partial charge in [0.25, 0.3) is 0 Å². The molecule has 0 saturated carbocycles. The second-order valence-corrected chi connectivity index (χ2v) is 8.10. The predicted octanol–water partition coefficient (Wildman–Crippen LogP) is 4.10. The maximum atomic E-state index is 12.7. The van der Waals surface area contributed by atoms with E-state index in [-0.39, 0.29) is 18.2 Å². The maximum Gasteiger partial charge on any atom is 0.229 e. The number of aromatic nitrogens is 4. The van der Waals surface area contributed by atoms with Crippen LogP contribution >= 0.6 is 11.6 Å². The molecule has 0 spiro atoms. The summed E-state index contributed by atoms with van der Waals surface area (Å²) in [5.41, 5.74) is 1.33. The molecule has 34 heavy (non-hydrogen) atoms. The number of hydrogen-bond donors (Lipinski definition) is 1. The Morgan fingerprint density at radius 2 is 1.88 bits per heavy atom. The van der Waals surface area contributed by atoms with Crippen molar-refractivity contribution in [3.63, 3.8) is 0 Å². The summed E-state index contributed by atoms with van der Waals surface area (Å²) in [4.78, 5) is 35.1. The van der Waals surface area contributed by atoms with E-state index in [2.05, 4.69) is 20.4 Å². The molecular formula is C24H19ClN6O3. The van der Waals surface area contributed by atoms with E-state index in [1.54, 1.807) is 82.6 Å². The first kappa shape index (κ1) is 21.6. The van der Waals surface area contributed by atoms with E-state index in [4.69, 9.17) is 16.3 Å². The fraction of sp³-hybridized carbons (Fsp3) is 0.125. The monoisotopic (exact) mass is 474 g/mol. The molecule has 5 rings (SSSR count). The van der Waals surface area contributed by atoms with Crippen LogP contribution in [0.2, 0.25) is 5.02 Å². The fourth-order valence-electron chi connectivity index (χ4n) is 3.64. The van der Waals surface area contributed by atoms with E-state index in [9.17, 15) is 9.59 Å². The number of hydrogen-bond acceptors (Lipinski definition) is 6. The van der Waals surface area contributed by atoms with Gasteiger partial charge in [-0.3, -0.25) is 9.59 Å². The summed E-state index contributed by atoms with van der Waals surface area (Å²) in [6.45, 7) is 0.319. The summed E-state index contributed by atoms with van der Waals surface area (Å²) in [5, 5.41) is 7.60. The molecule has 0 aliphatic carbocycles. The van der Waals surface area contributed by atoms with Crippen LogP contribution in [0.15, 0.2) is 79.4 Å². The lowest BCUT2D eigenvalue weighted by Crippen LogP contribution is -2.28. The predicted molar refractivity (Wildman–Crippen MR) is 126 cm³/mol. The van der Waals surface area contributed by atoms with Gasteiger partial charge in [0, 0.05) is 47.8 Å². The fourth-order valence-corrected chi connectivity index (χ4v) is 3.77. The minimum Gasteiger partial charge on any atom is -0.439 e. The highest BCUT2D eigenvalue weighted by atomic mass is 35.5. The molecule has 2 amide bonds. The topological polar surface area (TPSA) is 102 Å². The summed E-state index contributed by atoms with van der Waals surface area (Å²) in [6.07, 6.45) is 4.99. The molecule has 1 N–H and O–H groups in total. The summed E-state index contributed by atoms with van der Waals surface area (Å²) in [6, 6.07) is 17.4. The number of nitrogens with zero attached hydrogens (tertiary/aromatic N) is 5. The molecule has 1 atom stereocenters. The van der Waals surface area contributed by atoms with E-state index in [0.717, 1.165) is 5.69 Å². The summed E-state index contributed by atoms with van der Waals surface area (Å²) in [5.74, 6) is 0.749. The Morgan fingerprint density at radius 1 is 1.09 bits per heavy atom. The highest BCUT2D eigenvalue weighted by Gasteiger charge is 2.35. The molecule has 4 aromatic rings. The number of ether oxygens (including phenoxy) is 1. The first-order chi connectivity index (χ1) is 16.5. The lowest BCUT2D eigenvalue weighted by atomic mass is 10.1. The lowest BCUT2D eigenvalue weighted by molar-refractivity contribution is -0.122. The molecular weight excluding hydrogens is 456 g/mol. The molecule has 2 aromatic heterocycles. The quantitative estimate of drug-likeness (QED) is 0.451. The van der Waals surface area contributed by atoms with Crippen LogP contribution in [-0.4, -0.2) is 38.1 Å². The summed E-state index contributed by atoms with van der Waals surface area (Å²) in [7, 11) is 0. The molecule has 10 heteroatoms. The third-order valence-corrected chi connectivity index (χ3v) is 5.60. The number of anilines is 2. The van der Waals surface area contributed by atoms with Crippen LogP contribution in [0.25, 0.3) is 5.82 Å². The summed E-state index contributed by atoms with van der Waals surface area (Å²) >= 11 is 5.92. The Hall–Kier alpha value is -4.24. The zero-order valence-corrected chi connectivity index (χ0v) is 18.6. The molecule has 1 aliphatic heterocycles. The van der Waals surface area contributed by atoms with E-state index >= 15 is 0 Å². The zero-order valence-electron chi connectivity index (χ0n) is 17.8. The molecule has 1 unspecified atom stereocenters. The van der Waals surface area contributed by atoms with Crippen LogP contribution in [0.3, 0.4) is 0 Å². The Balaban J connectivity index is 1.20. The van der Waals surface area contributed by atoms with E-state index in [1.807, 2.05) is 0 Å². The third-order valence-electron chi connectivity index (χ3n) is 5.35. The van der Waals surface area contributed by atoms with Crippen molar-refractivity contribution in [1.29, 1.82) is 0 Å². The smallest absolute Gasteiger partial charge is 0.229 e. The molecule has 9 nitrogen and oxygen atoms in total. The Kier molecular flexibility index (Phi) is 5.92. The van der Waals surface area contributed by atoms with E-state index < -0.39 is 5.92 Å². The average molecular weight is 475 g/mol. The number of nitrogens with one attached hydrogen (secondary N) is 1. The number of benzene rings is 2. The minimum atomic E-state index is -0.444. The number of carbonyl (C=O) groups is 2. The highest BCUT2D eigenvalue weighted by molar-refractivity contribution is 6.30. The number of halogens is 1. The highest BCUT2D eigenvalue weighted by Crippen LogP contribution is 2.28. The molecule has 1 saturated heterocycles.